The second kappa shape index (κ2) is 11.1. The molecule has 0 saturated heterocycles. The van der Waals surface area contributed by atoms with Crippen molar-refractivity contribution in [1.82, 2.24) is 0 Å². The zero-order valence-corrected chi connectivity index (χ0v) is 18.3. The smallest absolute Gasteiger partial charge is 0.396 e. The summed E-state index contributed by atoms with van der Waals surface area (Å²) in [6.45, 7) is 2.50. The predicted octanol–water partition coefficient (Wildman–Crippen LogP) is 4.96. The predicted molar refractivity (Wildman–Crippen MR) is 118 cm³/mol. The van der Waals surface area contributed by atoms with Crippen LogP contribution in [0.3, 0.4) is 0 Å². The van der Waals surface area contributed by atoms with Gasteiger partial charge in [0.15, 0.2) is 0 Å². The molecule has 0 aliphatic carbocycles. The first-order chi connectivity index (χ1) is 15.5. The Balaban J connectivity index is 2.06. The molecule has 0 saturated carbocycles. The second-order valence-electron chi connectivity index (χ2n) is 8.19. The maximum absolute atomic E-state index is 11.9. The average Bonchev–Trinajstić information content (AvgIpc) is 2.78. The molecule has 0 spiro atoms. The molecule has 0 aromatic heterocycles. The van der Waals surface area contributed by atoms with E-state index in [9.17, 15) is 19.8 Å². The Hall–Kier alpha value is -2.90. The van der Waals surface area contributed by atoms with Crippen molar-refractivity contribution in [2.24, 2.45) is 5.92 Å². The van der Waals surface area contributed by atoms with Crippen molar-refractivity contribution in [1.29, 1.82) is 0 Å². The van der Waals surface area contributed by atoms with Crippen molar-refractivity contribution in [2.45, 2.75) is 50.9 Å². The normalized spacial score (nSPS) is 15.2. The molecule has 6 rings (SSSR count). The van der Waals surface area contributed by atoms with Gasteiger partial charge < -0.3 is 24.4 Å². The van der Waals surface area contributed by atoms with Crippen LogP contribution in [0, 0.1) is 5.92 Å². The molecule has 4 bridgehead atoms. The number of carbonyl (C=O) groups is 2. The van der Waals surface area contributed by atoms with Gasteiger partial charge in [-0.15, -0.1) is 0 Å². The summed E-state index contributed by atoms with van der Waals surface area (Å²) >= 11 is 0. The standard InChI is InChI=1S/C25H30O7/c1-25(18(6-2-4-16-26)7-3-5-17-27)19-8-12-21(13-9-19)30-23(28)32-24(29)31-22-14-10-20(25)11-15-22/h8-15,18,26-27H,2-7,16-17H2,1H3. The monoisotopic (exact) mass is 442 g/mol. The number of hydrogen-bond donors (Lipinski definition) is 2. The number of aliphatic hydroxyl groups excluding tert-OH is 2. The molecule has 0 unspecified atom stereocenters. The lowest BCUT2D eigenvalue weighted by molar-refractivity contribution is 0.0895. The number of hydrogen-bond acceptors (Lipinski definition) is 7. The fourth-order valence-corrected chi connectivity index (χ4v) is 4.41. The van der Waals surface area contributed by atoms with E-state index in [0.29, 0.717) is 0 Å². The fourth-order valence-electron chi connectivity index (χ4n) is 4.41. The van der Waals surface area contributed by atoms with Crippen LogP contribution >= 0.6 is 0 Å². The van der Waals surface area contributed by atoms with E-state index in [1.54, 1.807) is 24.3 Å². The Morgan fingerprint density at radius 1 is 0.688 bits per heavy atom. The van der Waals surface area contributed by atoms with E-state index in [1.807, 2.05) is 24.3 Å². The molecule has 2 aromatic carbocycles. The van der Waals surface area contributed by atoms with Gasteiger partial charge in [-0.3, -0.25) is 0 Å². The van der Waals surface area contributed by atoms with Gasteiger partial charge in [0, 0.05) is 18.6 Å². The van der Waals surface area contributed by atoms with Crippen molar-refractivity contribution >= 4 is 12.3 Å². The van der Waals surface area contributed by atoms with E-state index < -0.39 is 17.7 Å². The highest BCUT2D eigenvalue weighted by molar-refractivity contribution is 5.79. The molecule has 2 aromatic rings. The minimum absolute atomic E-state index is 0.155. The van der Waals surface area contributed by atoms with E-state index in [1.165, 1.54) is 0 Å². The van der Waals surface area contributed by atoms with Crippen LogP contribution < -0.4 is 9.47 Å². The van der Waals surface area contributed by atoms with Crippen LogP contribution in [0.2, 0.25) is 0 Å². The second-order valence-corrected chi connectivity index (χ2v) is 8.19. The zero-order chi connectivity index (χ0) is 23.0. The Kier molecular flexibility index (Phi) is 8.25. The minimum Gasteiger partial charge on any atom is -0.396 e. The molecule has 4 aliphatic rings. The third kappa shape index (κ3) is 5.66. The number of aliphatic hydroxyl groups is 2. The van der Waals surface area contributed by atoms with Gasteiger partial charge in [-0.05, 0) is 67.0 Å². The third-order valence-corrected chi connectivity index (χ3v) is 6.21. The highest BCUT2D eigenvalue weighted by atomic mass is 16.8. The quantitative estimate of drug-likeness (QED) is 0.245. The summed E-state index contributed by atoms with van der Waals surface area (Å²) in [5.74, 6) is 0.757. The summed E-state index contributed by atoms with van der Waals surface area (Å²) in [6.07, 6.45) is 2.73. The van der Waals surface area contributed by atoms with Gasteiger partial charge >= 0.3 is 12.3 Å². The zero-order valence-electron chi connectivity index (χ0n) is 18.3. The summed E-state index contributed by atoms with van der Waals surface area (Å²) in [4.78, 5) is 23.7. The number of ether oxygens (including phenoxy) is 3. The molecule has 0 radical (unpaired) electrons. The molecule has 0 amide bonds. The third-order valence-electron chi connectivity index (χ3n) is 6.21. The lowest BCUT2D eigenvalue weighted by atomic mass is 9.64. The molecule has 32 heavy (non-hydrogen) atoms. The van der Waals surface area contributed by atoms with E-state index in [4.69, 9.17) is 9.47 Å². The fraction of sp³-hybridized carbons (Fsp3) is 0.440. The SMILES string of the molecule is CC1(C(CCCCO)CCCCO)c2ccc(cc2)OC(=O)OC(=O)Oc2ccc1cc2. The highest BCUT2D eigenvalue weighted by Crippen LogP contribution is 2.44. The topological polar surface area (TPSA) is 102 Å². The first-order valence-corrected chi connectivity index (χ1v) is 11.0. The molecule has 7 heteroatoms. The minimum atomic E-state index is -1.16. The Bertz CT molecular complexity index is 820. The van der Waals surface area contributed by atoms with Gasteiger partial charge in [0.2, 0.25) is 0 Å². The Labute approximate surface area is 187 Å². The summed E-state index contributed by atoms with van der Waals surface area (Å²) in [6, 6.07) is 14.4. The summed E-state index contributed by atoms with van der Waals surface area (Å²) < 4.78 is 14.7. The van der Waals surface area contributed by atoms with Crippen LogP contribution in [0.4, 0.5) is 9.59 Å². The van der Waals surface area contributed by atoms with Gasteiger partial charge in [-0.25, -0.2) is 9.59 Å². The maximum Gasteiger partial charge on any atom is 0.524 e. The van der Waals surface area contributed by atoms with Crippen LogP contribution in [0.5, 0.6) is 11.5 Å². The molecular weight excluding hydrogens is 412 g/mol. The lowest BCUT2D eigenvalue weighted by Crippen LogP contribution is -2.34. The van der Waals surface area contributed by atoms with Crippen LogP contribution in [0.15, 0.2) is 48.5 Å². The van der Waals surface area contributed by atoms with Gasteiger partial charge in [-0.1, -0.05) is 44.0 Å². The molecular formula is C25H30O7. The van der Waals surface area contributed by atoms with Crippen molar-refractivity contribution < 1.29 is 34.0 Å². The highest BCUT2D eigenvalue weighted by Gasteiger charge is 2.37. The van der Waals surface area contributed by atoms with Crippen molar-refractivity contribution in [3.8, 4) is 11.5 Å². The van der Waals surface area contributed by atoms with Crippen molar-refractivity contribution in [3.05, 3.63) is 59.7 Å². The molecule has 0 fully saturated rings. The van der Waals surface area contributed by atoms with Gasteiger partial charge in [0.1, 0.15) is 11.5 Å². The van der Waals surface area contributed by atoms with Gasteiger partial charge in [-0.2, -0.15) is 0 Å². The van der Waals surface area contributed by atoms with Crippen LogP contribution in [-0.2, 0) is 10.2 Å². The van der Waals surface area contributed by atoms with Crippen molar-refractivity contribution in [3.63, 3.8) is 0 Å². The summed E-state index contributed by atoms with van der Waals surface area (Å²) in [5, 5.41) is 18.6. The lowest BCUT2D eigenvalue weighted by Gasteiger charge is -2.40. The van der Waals surface area contributed by atoms with E-state index in [-0.39, 0.29) is 30.6 Å². The van der Waals surface area contributed by atoms with E-state index in [2.05, 4.69) is 11.7 Å². The van der Waals surface area contributed by atoms with E-state index in [0.717, 1.165) is 49.7 Å². The van der Waals surface area contributed by atoms with Crippen LogP contribution in [0.1, 0.15) is 56.6 Å². The molecule has 7 nitrogen and oxygen atoms in total. The Morgan fingerprint density at radius 2 is 1.09 bits per heavy atom. The summed E-state index contributed by atoms with van der Waals surface area (Å²) in [5.41, 5.74) is 1.72. The number of unbranched alkanes of at least 4 members (excludes halogenated alkanes) is 2. The van der Waals surface area contributed by atoms with Crippen LogP contribution in [0.25, 0.3) is 0 Å². The van der Waals surface area contributed by atoms with E-state index >= 15 is 0 Å². The number of carbonyl (C=O) groups excluding carboxylic acids is 2. The first-order valence-electron chi connectivity index (χ1n) is 11.0. The first kappa shape index (κ1) is 23.8. The average molecular weight is 443 g/mol. The molecule has 4 heterocycles. The maximum atomic E-state index is 11.9. The largest absolute Gasteiger partial charge is 0.524 e. The Morgan fingerprint density at radius 3 is 1.47 bits per heavy atom. The van der Waals surface area contributed by atoms with Crippen molar-refractivity contribution in [2.75, 3.05) is 13.2 Å². The molecule has 172 valence electrons. The van der Waals surface area contributed by atoms with Gasteiger partial charge in [0.05, 0.1) is 0 Å². The number of benzene rings is 2. The molecule has 0 atom stereocenters. The van der Waals surface area contributed by atoms with Crippen LogP contribution in [-0.4, -0.2) is 35.7 Å². The van der Waals surface area contributed by atoms with Gasteiger partial charge in [0.25, 0.3) is 0 Å². The molecule has 2 N–H and O–H groups in total. The molecule has 4 aliphatic heterocycles. The number of rotatable bonds is 9. The summed E-state index contributed by atoms with van der Waals surface area (Å²) in [7, 11) is 0.